The summed E-state index contributed by atoms with van der Waals surface area (Å²) in [6, 6.07) is 12.2. The first-order valence-corrected chi connectivity index (χ1v) is 8.70. The standard InChI is InChI=1S/C20H19N3O3/c24-18(13-7-9-21-10-8-13)12-1-3-14(4-2-12)19-22-16-6-5-15(20(25)26)11-17(16)23-19/h1-6,11,13,21H,7-10H2,(H,22,23)(H,25,26). The van der Waals surface area contributed by atoms with E-state index in [1.54, 1.807) is 12.1 Å². The molecule has 1 fully saturated rings. The van der Waals surface area contributed by atoms with Crippen LogP contribution >= 0.6 is 0 Å². The molecule has 6 nitrogen and oxygen atoms in total. The lowest BCUT2D eigenvalue weighted by molar-refractivity contribution is 0.0696. The van der Waals surface area contributed by atoms with Gasteiger partial charge in [-0.25, -0.2) is 9.78 Å². The van der Waals surface area contributed by atoms with Crippen molar-refractivity contribution in [3.8, 4) is 11.4 Å². The smallest absolute Gasteiger partial charge is 0.335 e. The Morgan fingerprint density at radius 3 is 2.38 bits per heavy atom. The summed E-state index contributed by atoms with van der Waals surface area (Å²) in [5.74, 6) is -0.0104. The van der Waals surface area contributed by atoms with E-state index in [4.69, 9.17) is 5.11 Å². The van der Waals surface area contributed by atoms with Crippen LogP contribution in [0.25, 0.3) is 22.4 Å². The Hall–Kier alpha value is -2.99. The van der Waals surface area contributed by atoms with E-state index in [2.05, 4.69) is 15.3 Å². The molecule has 0 unspecified atom stereocenters. The van der Waals surface area contributed by atoms with Crippen LogP contribution in [0.15, 0.2) is 42.5 Å². The van der Waals surface area contributed by atoms with Crippen molar-refractivity contribution in [2.24, 2.45) is 5.92 Å². The van der Waals surface area contributed by atoms with Crippen molar-refractivity contribution in [1.82, 2.24) is 15.3 Å². The number of fused-ring (bicyclic) bond motifs is 1. The number of piperidine rings is 1. The van der Waals surface area contributed by atoms with Gasteiger partial charge >= 0.3 is 5.97 Å². The number of H-pyrrole nitrogens is 1. The van der Waals surface area contributed by atoms with E-state index in [9.17, 15) is 9.59 Å². The molecule has 0 amide bonds. The predicted molar refractivity (Wildman–Crippen MR) is 98.4 cm³/mol. The van der Waals surface area contributed by atoms with Gasteiger partial charge in [-0.15, -0.1) is 0 Å². The molecule has 0 bridgehead atoms. The van der Waals surface area contributed by atoms with Crippen LogP contribution in [0.1, 0.15) is 33.6 Å². The Morgan fingerprint density at radius 2 is 1.69 bits per heavy atom. The second kappa shape index (κ2) is 6.72. The number of nitrogens with one attached hydrogen (secondary N) is 2. The molecule has 3 aromatic rings. The Morgan fingerprint density at radius 1 is 1.00 bits per heavy atom. The summed E-state index contributed by atoms with van der Waals surface area (Å²) < 4.78 is 0. The van der Waals surface area contributed by atoms with Crippen LogP contribution in [0.3, 0.4) is 0 Å². The maximum absolute atomic E-state index is 12.6. The Bertz CT molecular complexity index is 970. The van der Waals surface area contributed by atoms with Crippen molar-refractivity contribution >= 4 is 22.8 Å². The number of carboxylic acid groups (broad SMARTS) is 1. The van der Waals surface area contributed by atoms with E-state index in [1.165, 1.54) is 6.07 Å². The minimum atomic E-state index is -0.969. The summed E-state index contributed by atoms with van der Waals surface area (Å²) in [5.41, 5.74) is 3.19. The van der Waals surface area contributed by atoms with Crippen LogP contribution < -0.4 is 5.32 Å². The Kier molecular flexibility index (Phi) is 4.26. The molecule has 3 N–H and O–H groups in total. The third-order valence-corrected chi connectivity index (χ3v) is 4.88. The van der Waals surface area contributed by atoms with E-state index in [0.717, 1.165) is 37.1 Å². The van der Waals surface area contributed by atoms with E-state index in [-0.39, 0.29) is 17.3 Å². The maximum Gasteiger partial charge on any atom is 0.335 e. The molecule has 1 aliphatic rings. The van der Waals surface area contributed by atoms with Gasteiger partial charge in [0.2, 0.25) is 0 Å². The fourth-order valence-corrected chi connectivity index (χ4v) is 3.39. The lowest BCUT2D eigenvalue weighted by atomic mass is 9.89. The molecule has 0 radical (unpaired) electrons. The summed E-state index contributed by atoms with van der Waals surface area (Å²) in [7, 11) is 0. The molecule has 0 spiro atoms. The summed E-state index contributed by atoms with van der Waals surface area (Å²) in [6.45, 7) is 1.79. The molecule has 132 valence electrons. The van der Waals surface area contributed by atoms with E-state index < -0.39 is 5.97 Å². The van der Waals surface area contributed by atoms with E-state index >= 15 is 0 Å². The number of benzene rings is 2. The number of ketones is 1. The fraction of sp³-hybridized carbons (Fsp3) is 0.250. The normalized spacial score (nSPS) is 15.2. The number of hydrogen-bond donors (Lipinski definition) is 3. The highest BCUT2D eigenvalue weighted by Gasteiger charge is 2.22. The van der Waals surface area contributed by atoms with Gasteiger partial charge in [0.15, 0.2) is 5.78 Å². The topological polar surface area (TPSA) is 95.1 Å². The highest BCUT2D eigenvalue weighted by Crippen LogP contribution is 2.24. The van der Waals surface area contributed by atoms with Crippen molar-refractivity contribution < 1.29 is 14.7 Å². The second-order valence-corrected chi connectivity index (χ2v) is 6.59. The van der Waals surface area contributed by atoms with Crippen LogP contribution in [0.2, 0.25) is 0 Å². The molecule has 2 aromatic carbocycles. The summed E-state index contributed by atoms with van der Waals surface area (Å²) in [5, 5.41) is 12.4. The van der Waals surface area contributed by atoms with Crippen molar-refractivity contribution in [2.45, 2.75) is 12.8 Å². The minimum absolute atomic E-state index is 0.0998. The molecule has 1 aliphatic heterocycles. The number of aromatic nitrogens is 2. The number of carbonyl (C=O) groups is 2. The van der Waals surface area contributed by atoms with Gasteiger partial charge in [-0.05, 0) is 44.1 Å². The van der Waals surface area contributed by atoms with Gasteiger partial charge < -0.3 is 15.4 Å². The number of carboxylic acids is 1. The first-order valence-electron chi connectivity index (χ1n) is 8.70. The van der Waals surface area contributed by atoms with Crippen molar-refractivity contribution in [3.05, 3.63) is 53.6 Å². The Balaban J connectivity index is 1.59. The molecular formula is C20H19N3O3. The van der Waals surface area contributed by atoms with Crippen LogP contribution in [0.4, 0.5) is 0 Å². The molecule has 1 aromatic heterocycles. The largest absolute Gasteiger partial charge is 0.478 e. The van der Waals surface area contributed by atoms with Crippen LogP contribution in [-0.4, -0.2) is 39.9 Å². The summed E-state index contributed by atoms with van der Waals surface area (Å²) >= 11 is 0. The van der Waals surface area contributed by atoms with Gasteiger partial charge in [-0.2, -0.15) is 0 Å². The molecule has 2 heterocycles. The predicted octanol–water partition coefficient (Wildman–Crippen LogP) is 3.11. The van der Waals surface area contributed by atoms with Crippen LogP contribution in [-0.2, 0) is 0 Å². The van der Waals surface area contributed by atoms with Gasteiger partial charge in [0.1, 0.15) is 5.82 Å². The van der Waals surface area contributed by atoms with Crippen molar-refractivity contribution in [3.63, 3.8) is 0 Å². The number of carbonyl (C=O) groups excluding carboxylic acids is 1. The van der Waals surface area contributed by atoms with Gasteiger partial charge in [-0.3, -0.25) is 4.79 Å². The van der Waals surface area contributed by atoms with Gasteiger partial charge in [0, 0.05) is 17.0 Å². The fourth-order valence-electron chi connectivity index (χ4n) is 3.39. The number of aromatic amines is 1. The molecule has 0 aliphatic carbocycles. The first-order chi connectivity index (χ1) is 12.6. The average molecular weight is 349 g/mol. The van der Waals surface area contributed by atoms with Crippen molar-refractivity contribution in [1.29, 1.82) is 0 Å². The number of aromatic carboxylic acids is 1. The van der Waals surface area contributed by atoms with Gasteiger partial charge in [0.25, 0.3) is 0 Å². The van der Waals surface area contributed by atoms with Crippen LogP contribution in [0.5, 0.6) is 0 Å². The third-order valence-electron chi connectivity index (χ3n) is 4.88. The number of Topliss-reactive ketones (excluding diaryl/α,β-unsaturated/α-hetero) is 1. The molecule has 4 rings (SSSR count). The average Bonchev–Trinajstić information content (AvgIpc) is 3.11. The highest BCUT2D eigenvalue weighted by atomic mass is 16.4. The zero-order valence-corrected chi connectivity index (χ0v) is 14.2. The second-order valence-electron chi connectivity index (χ2n) is 6.59. The maximum atomic E-state index is 12.6. The molecule has 1 saturated heterocycles. The van der Waals surface area contributed by atoms with Gasteiger partial charge in [0.05, 0.1) is 16.6 Å². The molecule has 6 heteroatoms. The molecular weight excluding hydrogens is 330 g/mol. The Labute approximate surface area is 150 Å². The lowest BCUT2D eigenvalue weighted by Gasteiger charge is -2.21. The summed E-state index contributed by atoms with van der Waals surface area (Å²) in [4.78, 5) is 31.3. The van der Waals surface area contributed by atoms with Crippen molar-refractivity contribution in [2.75, 3.05) is 13.1 Å². The van der Waals surface area contributed by atoms with E-state index in [1.807, 2.05) is 24.3 Å². The lowest BCUT2D eigenvalue weighted by Crippen LogP contribution is -2.31. The number of rotatable bonds is 4. The number of nitrogens with zero attached hydrogens (tertiary/aromatic N) is 1. The van der Waals surface area contributed by atoms with E-state index in [0.29, 0.717) is 16.9 Å². The SMILES string of the molecule is O=C(O)c1ccc2nc(-c3ccc(C(=O)C4CCNCC4)cc3)[nH]c2c1. The van der Waals surface area contributed by atoms with Gasteiger partial charge in [-0.1, -0.05) is 24.3 Å². The monoisotopic (exact) mass is 349 g/mol. The first kappa shape index (κ1) is 16.5. The third kappa shape index (κ3) is 3.11. The molecule has 0 saturated carbocycles. The molecule has 0 atom stereocenters. The quantitative estimate of drug-likeness (QED) is 0.629. The molecule has 26 heavy (non-hydrogen) atoms. The van der Waals surface area contributed by atoms with Crippen LogP contribution in [0, 0.1) is 5.92 Å². The zero-order chi connectivity index (χ0) is 18.1. The number of imidazole rings is 1. The zero-order valence-electron chi connectivity index (χ0n) is 14.2. The number of hydrogen-bond acceptors (Lipinski definition) is 4. The summed E-state index contributed by atoms with van der Waals surface area (Å²) in [6.07, 6.45) is 1.77. The minimum Gasteiger partial charge on any atom is -0.478 e. The highest BCUT2D eigenvalue weighted by molar-refractivity contribution is 5.98.